The number of aliphatic hydroxyl groups is 1. The number of nitrogens with one attached hydrogen (secondary N) is 1. The number of amides is 1. The Labute approximate surface area is 109 Å². The Hall–Kier alpha value is -2.54. The van der Waals surface area contributed by atoms with Gasteiger partial charge >= 0.3 is 0 Å². The number of hydrogen-bond donors (Lipinski definition) is 3. The average molecular weight is 262 g/mol. The molecule has 0 saturated carbocycles. The number of azo groups is 1. The molecule has 0 radical (unpaired) electrons. The molecule has 7 nitrogen and oxygen atoms in total. The predicted octanol–water partition coefficient (Wildman–Crippen LogP) is 1.75. The fourth-order valence-electron chi connectivity index (χ4n) is 1.27. The summed E-state index contributed by atoms with van der Waals surface area (Å²) < 4.78 is 0. The van der Waals surface area contributed by atoms with Gasteiger partial charge in [0, 0.05) is 12.5 Å². The number of hydrogen-bond acceptors (Lipinski definition) is 6. The summed E-state index contributed by atoms with van der Waals surface area (Å²) in [4.78, 5) is 22.3. The molecule has 1 amide bonds. The number of aliphatic hydroxyl groups excluding tert-OH is 1. The number of ketones is 1. The van der Waals surface area contributed by atoms with Crippen molar-refractivity contribution in [2.24, 2.45) is 16.1 Å². The third-order valence-electron chi connectivity index (χ3n) is 2.20. The highest BCUT2D eigenvalue weighted by Gasteiger charge is 2.07. The topological polar surface area (TPSA) is 117 Å². The molecule has 0 aliphatic rings. The smallest absolute Gasteiger partial charge is 0.265 e. The molecule has 1 aromatic carbocycles. The second kappa shape index (κ2) is 6.41. The van der Waals surface area contributed by atoms with Crippen LogP contribution in [0.15, 0.2) is 46.0 Å². The molecule has 0 saturated heterocycles. The van der Waals surface area contributed by atoms with Gasteiger partial charge in [0.1, 0.15) is 5.76 Å². The maximum absolute atomic E-state index is 11.2. The summed E-state index contributed by atoms with van der Waals surface area (Å²) in [6, 6.07) is 6.11. The third-order valence-corrected chi connectivity index (χ3v) is 2.20. The summed E-state index contributed by atoms with van der Waals surface area (Å²) >= 11 is 0. The Morgan fingerprint density at radius 3 is 2.21 bits per heavy atom. The summed E-state index contributed by atoms with van der Waals surface area (Å²) in [6.07, 6.45) is 0. The van der Waals surface area contributed by atoms with Crippen molar-refractivity contribution in [3.8, 4) is 0 Å². The highest BCUT2D eigenvalue weighted by molar-refractivity contribution is 5.94. The molecule has 0 bridgehead atoms. The van der Waals surface area contributed by atoms with E-state index in [2.05, 4.69) is 10.2 Å². The molecule has 1 rings (SSSR count). The normalized spacial score (nSPS) is 12.2. The number of benzene rings is 1. The molecule has 100 valence electrons. The van der Waals surface area contributed by atoms with Crippen LogP contribution in [0.2, 0.25) is 0 Å². The highest BCUT2D eigenvalue weighted by atomic mass is 16.3. The lowest BCUT2D eigenvalue weighted by molar-refractivity contribution is -0.113. The quantitative estimate of drug-likeness (QED) is 0.191. The molecule has 0 atom stereocenters. The second-order valence-electron chi connectivity index (χ2n) is 3.71. The molecular weight excluding hydrogens is 248 g/mol. The van der Waals surface area contributed by atoms with E-state index in [0.717, 1.165) is 0 Å². The number of carbonyl (C=O) groups is 2. The van der Waals surface area contributed by atoms with E-state index in [1.54, 1.807) is 12.1 Å². The van der Waals surface area contributed by atoms with Crippen LogP contribution in [0.3, 0.4) is 0 Å². The van der Waals surface area contributed by atoms with Gasteiger partial charge in [0.2, 0.25) is 0 Å². The van der Waals surface area contributed by atoms with Crippen molar-refractivity contribution in [2.45, 2.75) is 13.8 Å². The third kappa shape index (κ3) is 4.00. The van der Waals surface area contributed by atoms with Crippen LogP contribution in [-0.4, -0.2) is 16.8 Å². The SMILES string of the molecule is CC(=O)C(N=Nc1ccc(C(=O)NN)cc1)=C(C)O. The fraction of sp³-hybridized carbons (Fsp3) is 0.167. The van der Waals surface area contributed by atoms with Gasteiger partial charge in [-0.25, -0.2) is 5.84 Å². The van der Waals surface area contributed by atoms with Crippen LogP contribution in [0.5, 0.6) is 0 Å². The number of allylic oxidation sites excluding steroid dienone is 2. The minimum absolute atomic E-state index is 0.108. The number of Topliss-reactive ketones (excluding diaryl/α,β-unsaturated/α-hetero) is 1. The van der Waals surface area contributed by atoms with E-state index >= 15 is 0 Å². The zero-order chi connectivity index (χ0) is 14.4. The molecule has 19 heavy (non-hydrogen) atoms. The van der Waals surface area contributed by atoms with Crippen LogP contribution in [0.4, 0.5) is 5.69 Å². The van der Waals surface area contributed by atoms with Gasteiger partial charge in [0.05, 0.1) is 5.69 Å². The van der Waals surface area contributed by atoms with Crippen LogP contribution in [0, 0.1) is 0 Å². The molecule has 0 spiro atoms. The number of nitrogens with zero attached hydrogens (tertiary/aromatic N) is 2. The van der Waals surface area contributed by atoms with Gasteiger partial charge in [-0.1, -0.05) is 0 Å². The highest BCUT2D eigenvalue weighted by Crippen LogP contribution is 2.16. The van der Waals surface area contributed by atoms with Gasteiger partial charge in [0.15, 0.2) is 11.5 Å². The van der Waals surface area contributed by atoms with Crippen LogP contribution in [0.1, 0.15) is 24.2 Å². The van der Waals surface area contributed by atoms with Crippen LogP contribution in [-0.2, 0) is 4.79 Å². The van der Waals surface area contributed by atoms with E-state index in [1.807, 2.05) is 5.43 Å². The van der Waals surface area contributed by atoms with Crippen molar-refractivity contribution in [2.75, 3.05) is 0 Å². The maximum atomic E-state index is 11.2. The minimum Gasteiger partial charge on any atom is -0.510 e. The molecule has 0 fully saturated rings. The Bertz CT molecular complexity index is 543. The zero-order valence-corrected chi connectivity index (χ0v) is 10.5. The van der Waals surface area contributed by atoms with Crippen molar-refractivity contribution in [3.05, 3.63) is 41.3 Å². The van der Waals surface area contributed by atoms with E-state index in [-0.39, 0.29) is 17.2 Å². The number of hydrazine groups is 1. The van der Waals surface area contributed by atoms with Gasteiger partial charge in [-0.15, -0.1) is 5.11 Å². The molecule has 0 aliphatic heterocycles. The Kier molecular flexibility index (Phi) is 4.90. The summed E-state index contributed by atoms with van der Waals surface area (Å²) in [5.41, 5.74) is 2.71. The Morgan fingerprint density at radius 1 is 1.21 bits per heavy atom. The lowest BCUT2D eigenvalue weighted by Gasteiger charge is -1.99. The van der Waals surface area contributed by atoms with Crippen molar-refractivity contribution >= 4 is 17.4 Å². The number of carbonyl (C=O) groups excluding carboxylic acids is 2. The van der Waals surface area contributed by atoms with E-state index in [0.29, 0.717) is 11.3 Å². The monoisotopic (exact) mass is 262 g/mol. The molecule has 4 N–H and O–H groups in total. The van der Waals surface area contributed by atoms with Gasteiger partial charge < -0.3 is 5.11 Å². The predicted molar refractivity (Wildman–Crippen MR) is 68.6 cm³/mol. The second-order valence-corrected chi connectivity index (χ2v) is 3.71. The summed E-state index contributed by atoms with van der Waals surface area (Å²) in [5, 5.41) is 16.7. The van der Waals surface area contributed by atoms with Gasteiger partial charge in [0.25, 0.3) is 5.91 Å². The first kappa shape index (κ1) is 14.5. The molecular formula is C12H14N4O3. The van der Waals surface area contributed by atoms with Crippen molar-refractivity contribution in [1.29, 1.82) is 0 Å². The number of nitrogen functional groups attached to an aromatic ring is 1. The fourth-order valence-corrected chi connectivity index (χ4v) is 1.27. The first-order chi connectivity index (χ1) is 8.95. The van der Waals surface area contributed by atoms with E-state index in [1.165, 1.54) is 26.0 Å². The number of rotatable bonds is 4. The molecule has 0 aliphatic carbocycles. The largest absolute Gasteiger partial charge is 0.510 e. The first-order valence-electron chi connectivity index (χ1n) is 5.39. The van der Waals surface area contributed by atoms with Crippen LogP contribution in [0.25, 0.3) is 0 Å². The minimum atomic E-state index is -0.418. The molecule has 0 heterocycles. The molecule has 0 aromatic heterocycles. The van der Waals surface area contributed by atoms with E-state index in [4.69, 9.17) is 5.84 Å². The summed E-state index contributed by atoms with van der Waals surface area (Å²) in [6.45, 7) is 2.63. The summed E-state index contributed by atoms with van der Waals surface area (Å²) in [5.74, 6) is 3.99. The first-order valence-corrected chi connectivity index (χ1v) is 5.39. The van der Waals surface area contributed by atoms with Gasteiger partial charge in [-0.05, 0) is 31.2 Å². The Morgan fingerprint density at radius 2 is 1.79 bits per heavy atom. The number of nitrogens with two attached hydrogens (primary N) is 1. The van der Waals surface area contributed by atoms with Gasteiger partial charge in [-0.3, -0.25) is 15.0 Å². The molecule has 7 heteroatoms. The van der Waals surface area contributed by atoms with E-state index in [9.17, 15) is 14.7 Å². The maximum Gasteiger partial charge on any atom is 0.265 e. The van der Waals surface area contributed by atoms with Crippen LogP contribution >= 0.6 is 0 Å². The molecule has 0 unspecified atom stereocenters. The standard InChI is InChI=1S/C12H14N4O3/c1-7(17)11(8(2)18)16-15-10-5-3-9(4-6-10)12(19)14-13/h3-6,17H,13H2,1-2H3,(H,14,19). The molecule has 1 aromatic rings. The lowest BCUT2D eigenvalue weighted by Crippen LogP contribution is -2.29. The van der Waals surface area contributed by atoms with Crippen LogP contribution < -0.4 is 11.3 Å². The van der Waals surface area contributed by atoms with Gasteiger partial charge in [-0.2, -0.15) is 5.11 Å². The van der Waals surface area contributed by atoms with Crippen molar-refractivity contribution in [3.63, 3.8) is 0 Å². The van der Waals surface area contributed by atoms with Crippen molar-refractivity contribution in [1.82, 2.24) is 5.43 Å². The summed E-state index contributed by atoms with van der Waals surface area (Å²) in [7, 11) is 0. The van der Waals surface area contributed by atoms with E-state index < -0.39 is 5.91 Å². The zero-order valence-electron chi connectivity index (χ0n) is 10.5. The average Bonchev–Trinajstić information content (AvgIpc) is 2.38. The Balaban J connectivity index is 2.92. The van der Waals surface area contributed by atoms with Crippen molar-refractivity contribution < 1.29 is 14.7 Å². The lowest BCUT2D eigenvalue weighted by atomic mass is 10.2.